The van der Waals surface area contributed by atoms with Crippen LogP contribution in [0.4, 0.5) is 0 Å². The van der Waals surface area contributed by atoms with E-state index in [0.29, 0.717) is 17.3 Å². The van der Waals surface area contributed by atoms with Crippen molar-refractivity contribution in [1.29, 1.82) is 0 Å². The predicted octanol–water partition coefficient (Wildman–Crippen LogP) is 2.47. The van der Waals surface area contributed by atoms with E-state index in [0.717, 1.165) is 16.6 Å². The smallest absolute Gasteiger partial charge is 0.257 e. The van der Waals surface area contributed by atoms with Gasteiger partial charge in [0.2, 0.25) is 0 Å². The number of ether oxygens (including phenoxy) is 1. The van der Waals surface area contributed by atoms with E-state index in [1.165, 1.54) is 0 Å². The molecule has 0 unspecified atom stereocenters. The highest BCUT2D eigenvalue weighted by Gasteiger charge is 2.10. The lowest BCUT2D eigenvalue weighted by Crippen LogP contribution is -2.37. The average molecular weight is 331 g/mol. The van der Waals surface area contributed by atoms with Gasteiger partial charge in [0.15, 0.2) is 5.11 Å². The van der Waals surface area contributed by atoms with Crippen molar-refractivity contribution >= 4 is 39.2 Å². The van der Waals surface area contributed by atoms with Crippen LogP contribution in [0.15, 0.2) is 22.7 Å². The summed E-state index contributed by atoms with van der Waals surface area (Å²) in [6, 6.07) is 5.17. The quantitative estimate of drug-likeness (QED) is 0.833. The number of amides is 1. The molecule has 0 heterocycles. The van der Waals surface area contributed by atoms with E-state index in [4.69, 9.17) is 17.0 Å². The summed E-state index contributed by atoms with van der Waals surface area (Å²) in [5.41, 5.74) is 0.517. The summed E-state index contributed by atoms with van der Waals surface area (Å²) in [6.07, 6.45) is 0.936. The van der Waals surface area contributed by atoms with E-state index >= 15 is 0 Å². The molecule has 0 aliphatic heterocycles. The van der Waals surface area contributed by atoms with Gasteiger partial charge in [-0.05, 0) is 52.8 Å². The molecule has 0 aliphatic rings. The summed E-state index contributed by atoms with van der Waals surface area (Å²) >= 11 is 8.24. The van der Waals surface area contributed by atoms with Gasteiger partial charge in [0.1, 0.15) is 5.75 Å². The molecular weight excluding hydrogens is 316 g/mol. The van der Waals surface area contributed by atoms with Crippen LogP contribution in [-0.4, -0.2) is 24.7 Å². The lowest BCUT2D eigenvalue weighted by Gasteiger charge is -2.09. The van der Waals surface area contributed by atoms with E-state index in [-0.39, 0.29) is 5.91 Å². The minimum atomic E-state index is -0.253. The van der Waals surface area contributed by atoms with E-state index < -0.39 is 0 Å². The Balaban J connectivity index is 2.77. The van der Waals surface area contributed by atoms with Crippen molar-refractivity contribution in [2.45, 2.75) is 13.3 Å². The van der Waals surface area contributed by atoms with Gasteiger partial charge in [-0.2, -0.15) is 0 Å². The maximum atomic E-state index is 11.8. The minimum Gasteiger partial charge on any atom is -0.492 e. The van der Waals surface area contributed by atoms with Crippen molar-refractivity contribution in [2.75, 3.05) is 13.7 Å². The van der Waals surface area contributed by atoms with Crippen molar-refractivity contribution in [1.82, 2.24) is 10.6 Å². The van der Waals surface area contributed by atoms with Crippen LogP contribution >= 0.6 is 28.1 Å². The summed E-state index contributed by atoms with van der Waals surface area (Å²) < 4.78 is 6.26. The van der Waals surface area contributed by atoms with Crippen molar-refractivity contribution < 1.29 is 9.53 Å². The third-order valence-electron chi connectivity index (χ3n) is 2.11. The van der Waals surface area contributed by atoms with Crippen LogP contribution in [0.5, 0.6) is 5.75 Å². The highest BCUT2D eigenvalue weighted by atomic mass is 79.9. The number of halogens is 1. The van der Waals surface area contributed by atoms with Gasteiger partial charge in [-0.3, -0.25) is 10.1 Å². The molecule has 0 fully saturated rings. The fourth-order valence-corrected chi connectivity index (χ4v) is 1.79. The summed E-state index contributed by atoms with van der Waals surface area (Å²) in [6.45, 7) is 2.68. The second-order valence-corrected chi connectivity index (χ2v) is 4.79. The average Bonchev–Trinajstić information content (AvgIpc) is 2.37. The molecule has 0 aromatic heterocycles. The standard InChI is InChI=1S/C12H15BrN2O2S/c1-3-6-17-10-5-4-8(7-9(10)13)11(16)15-12(18)14-2/h4-5,7H,3,6H2,1-2H3,(H2,14,15,16,18). The Labute approximate surface area is 120 Å². The van der Waals surface area contributed by atoms with Gasteiger partial charge >= 0.3 is 0 Å². The number of carbonyl (C=O) groups is 1. The lowest BCUT2D eigenvalue weighted by atomic mass is 10.2. The zero-order valence-electron chi connectivity index (χ0n) is 10.2. The topological polar surface area (TPSA) is 50.4 Å². The first-order valence-corrected chi connectivity index (χ1v) is 6.74. The normalized spacial score (nSPS) is 9.72. The van der Waals surface area contributed by atoms with Gasteiger partial charge in [-0.1, -0.05) is 6.92 Å². The maximum Gasteiger partial charge on any atom is 0.257 e. The molecule has 1 amide bonds. The molecule has 0 radical (unpaired) electrons. The molecule has 0 spiro atoms. The van der Waals surface area contributed by atoms with Gasteiger partial charge in [0.25, 0.3) is 5.91 Å². The molecule has 2 N–H and O–H groups in total. The number of thiocarbonyl (C=S) groups is 1. The molecule has 4 nitrogen and oxygen atoms in total. The third-order valence-corrected chi connectivity index (χ3v) is 3.04. The van der Waals surface area contributed by atoms with Gasteiger partial charge in [0.05, 0.1) is 11.1 Å². The largest absolute Gasteiger partial charge is 0.492 e. The highest BCUT2D eigenvalue weighted by molar-refractivity contribution is 9.10. The molecule has 0 saturated heterocycles. The summed E-state index contributed by atoms with van der Waals surface area (Å²) in [5, 5.41) is 5.53. The second-order valence-electron chi connectivity index (χ2n) is 3.53. The third kappa shape index (κ3) is 4.27. The molecule has 0 aliphatic carbocycles. The Kier molecular flexibility index (Phi) is 6.07. The van der Waals surface area contributed by atoms with Gasteiger partial charge < -0.3 is 10.1 Å². The number of carbonyl (C=O) groups excluding carboxylic acids is 1. The zero-order valence-corrected chi connectivity index (χ0v) is 12.7. The molecule has 1 aromatic rings. The van der Waals surface area contributed by atoms with E-state index in [1.807, 2.05) is 6.92 Å². The molecule has 98 valence electrons. The van der Waals surface area contributed by atoms with Crippen LogP contribution in [0.3, 0.4) is 0 Å². The fourth-order valence-electron chi connectivity index (χ4n) is 1.21. The number of hydrogen-bond acceptors (Lipinski definition) is 3. The Morgan fingerprint density at radius 2 is 2.22 bits per heavy atom. The molecule has 18 heavy (non-hydrogen) atoms. The zero-order chi connectivity index (χ0) is 13.5. The lowest BCUT2D eigenvalue weighted by molar-refractivity contribution is 0.0976. The number of rotatable bonds is 4. The van der Waals surface area contributed by atoms with Crippen LogP contribution in [0.2, 0.25) is 0 Å². The monoisotopic (exact) mass is 330 g/mol. The summed E-state index contributed by atoms with van der Waals surface area (Å²) in [7, 11) is 1.65. The summed E-state index contributed by atoms with van der Waals surface area (Å²) in [4.78, 5) is 11.8. The Morgan fingerprint density at radius 1 is 1.50 bits per heavy atom. The van der Waals surface area contributed by atoms with Crippen molar-refractivity contribution in [3.63, 3.8) is 0 Å². The van der Waals surface area contributed by atoms with Crippen molar-refractivity contribution in [3.05, 3.63) is 28.2 Å². The Morgan fingerprint density at radius 3 is 2.78 bits per heavy atom. The SMILES string of the molecule is CCCOc1ccc(C(=O)NC(=S)NC)cc1Br. The maximum absolute atomic E-state index is 11.8. The van der Waals surface area contributed by atoms with Gasteiger partial charge in [-0.15, -0.1) is 0 Å². The molecule has 6 heteroatoms. The van der Waals surface area contributed by atoms with E-state index in [9.17, 15) is 4.79 Å². The second kappa shape index (κ2) is 7.33. The Hall–Kier alpha value is -1.14. The number of hydrogen-bond donors (Lipinski definition) is 2. The molecule has 0 saturated carbocycles. The minimum absolute atomic E-state index is 0.253. The van der Waals surface area contributed by atoms with E-state index in [2.05, 4.69) is 26.6 Å². The first-order valence-electron chi connectivity index (χ1n) is 5.54. The molecule has 0 atom stereocenters. The Bertz CT molecular complexity index is 452. The van der Waals surface area contributed by atoms with Crippen molar-refractivity contribution in [3.8, 4) is 5.75 Å². The van der Waals surface area contributed by atoms with Crippen LogP contribution < -0.4 is 15.4 Å². The molecular formula is C12H15BrN2O2S. The van der Waals surface area contributed by atoms with Crippen LogP contribution in [0.25, 0.3) is 0 Å². The first-order chi connectivity index (χ1) is 8.58. The molecule has 1 aromatic carbocycles. The first kappa shape index (κ1) is 14.9. The van der Waals surface area contributed by atoms with Crippen LogP contribution in [0.1, 0.15) is 23.7 Å². The fraction of sp³-hybridized carbons (Fsp3) is 0.333. The van der Waals surface area contributed by atoms with Gasteiger partial charge in [-0.25, -0.2) is 0 Å². The van der Waals surface area contributed by atoms with Gasteiger partial charge in [0, 0.05) is 12.6 Å². The molecule has 1 rings (SSSR count). The molecule has 0 bridgehead atoms. The predicted molar refractivity (Wildman–Crippen MR) is 79.1 cm³/mol. The van der Waals surface area contributed by atoms with Crippen LogP contribution in [0, 0.1) is 0 Å². The summed E-state index contributed by atoms with van der Waals surface area (Å²) in [5.74, 6) is 0.474. The van der Waals surface area contributed by atoms with Crippen LogP contribution in [-0.2, 0) is 0 Å². The highest BCUT2D eigenvalue weighted by Crippen LogP contribution is 2.26. The van der Waals surface area contributed by atoms with Crippen molar-refractivity contribution in [2.24, 2.45) is 0 Å². The number of benzene rings is 1. The number of nitrogens with one attached hydrogen (secondary N) is 2. The van der Waals surface area contributed by atoms with E-state index in [1.54, 1.807) is 25.2 Å².